The van der Waals surface area contributed by atoms with Crippen molar-refractivity contribution in [2.24, 2.45) is 21.5 Å². The van der Waals surface area contributed by atoms with Gasteiger partial charge in [-0.3, -0.25) is 0 Å². The molecule has 1 aromatic rings. The highest BCUT2D eigenvalue weighted by Gasteiger charge is 2.35. The molecule has 98 valence electrons. The van der Waals surface area contributed by atoms with Crippen LogP contribution in [0.25, 0.3) is 0 Å². The lowest BCUT2D eigenvalue weighted by molar-refractivity contribution is 0.376. The van der Waals surface area contributed by atoms with E-state index in [-0.39, 0.29) is 10.8 Å². The number of hydrogen-bond acceptors (Lipinski definition) is 4. The van der Waals surface area contributed by atoms with Gasteiger partial charge in [0, 0.05) is 17.5 Å². The Labute approximate surface area is 108 Å². The molecule has 1 unspecified atom stereocenters. The lowest BCUT2D eigenvalue weighted by atomic mass is 9.73. The first-order valence-electron chi connectivity index (χ1n) is 6.29. The van der Waals surface area contributed by atoms with E-state index in [2.05, 4.69) is 49.8 Å². The average molecular weight is 247 g/mol. The largest absolute Gasteiger partial charge is 0.451 e. The van der Waals surface area contributed by atoms with Crippen molar-refractivity contribution >= 4 is 11.9 Å². The zero-order valence-electron chi connectivity index (χ0n) is 11.8. The fourth-order valence-corrected chi connectivity index (χ4v) is 2.28. The minimum Gasteiger partial charge on any atom is -0.451 e. The lowest BCUT2D eigenvalue weighted by Crippen LogP contribution is -2.32. The molecule has 4 nitrogen and oxygen atoms in total. The minimum atomic E-state index is -0.0803. The zero-order valence-corrected chi connectivity index (χ0v) is 11.8. The van der Waals surface area contributed by atoms with Crippen LogP contribution >= 0.6 is 0 Å². The number of rotatable bonds is 3. The molecular weight excluding hydrogens is 226 g/mol. The van der Waals surface area contributed by atoms with Crippen molar-refractivity contribution < 1.29 is 4.42 Å². The molecule has 0 bridgehead atoms. The molecule has 0 radical (unpaired) electrons. The van der Waals surface area contributed by atoms with Crippen LogP contribution in [0.2, 0.25) is 0 Å². The molecule has 0 saturated carbocycles. The maximum absolute atomic E-state index is 5.08. The van der Waals surface area contributed by atoms with Gasteiger partial charge in [0.2, 0.25) is 0 Å². The van der Waals surface area contributed by atoms with Crippen LogP contribution in [-0.4, -0.2) is 16.9 Å². The molecule has 0 aromatic carbocycles. The number of aromatic nitrogens is 1. The van der Waals surface area contributed by atoms with Crippen molar-refractivity contribution in [3.8, 4) is 0 Å². The smallest absolute Gasteiger partial charge is 0.180 e. The number of oxazole rings is 1. The topological polar surface area (TPSA) is 50.8 Å². The van der Waals surface area contributed by atoms with Crippen LogP contribution in [-0.2, 0) is 5.41 Å². The summed E-state index contributed by atoms with van der Waals surface area (Å²) in [6, 6.07) is 0. The summed E-state index contributed by atoms with van der Waals surface area (Å²) < 4.78 is 5.08. The molecule has 0 spiro atoms. The Kier molecular flexibility index (Phi) is 3.13. The summed E-state index contributed by atoms with van der Waals surface area (Å²) in [7, 11) is 0. The van der Waals surface area contributed by atoms with Crippen molar-refractivity contribution in [1.29, 1.82) is 0 Å². The molecular formula is C14H21N3O. The third-order valence-electron chi connectivity index (χ3n) is 3.44. The molecule has 2 heterocycles. The molecule has 0 N–H and O–H groups in total. The molecule has 2 rings (SSSR count). The van der Waals surface area contributed by atoms with Crippen LogP contribution in [0.3, 0.4) is 0 Å². The first-order chi connectivity index (χ1) is 8.31. The van der Waals surface area contributed by atoms with Crippen molar-refractivity contribution in [2.75, 3.05) is 0 Å². The summed E-state index contributed by atoms with van der Waals surface area (Å²) in [5.41, 5.74) is 2.17. The second-order valence-corrected chi connectivity index (χ2v) is 6.63. The summed E-state index contributed by atoms with van der Waals surface area (Å²) in [5.74, 6) is 0.309. The molecule has 4 heteroatoms. The van der Waals surface area contributed by atoms with E-state index in [1.54, 1.807) is 6.26 Å². The fraction of sp³-hybridized carbons (Fsp3) is 0.643. The summed E-state index contributed by atoms with van der Waals surface area (Å²) in [5, 5.41) is 8.40. The standard InChI is InChI=1S/C14H21N3O/c1-13(2,3)10-7-16-17-11(10)6-14(4,5)12-8-18-9-15-12/h7-10H,6H2,1-5H3. The van der Waals surface area contributed by atoms with Gasteiger partial charge in [-0.15, -0.1) is 0 Å². The molecule has 0 saturated heterocycles. The van der Waals surface area contributed by atoms with Gasteiger partial charge in [0.1, 0.15) is 6.26 Å². The van der Waals surface area contributed by atoms with E-state index in [0.29, 0.717) is 5.92 Å². The summed E-state index contributed by atoms with van der Waals surface area (Å²) in [6.07, 6.45) is 5.99. The summed E-state index contributed by atoms with van der Waals surface area (Å²) in [6.45, 7) is 11.0. The van der Waals surface area contributed by atoms with E-state index in [1.807, 2.05) is 6.21 Å². The Balaban J connectivity index is 2.16. The van der Waals surface area contributed by atoms with E-state index in [4.69, 9.17) is 4.42 Å². The van der Waals surface area contributed by atoms with Gasteiger partial charge in [-0.1, -0.05) is 34.6 Å². The first-order valence-corrected chi connectivity index (χ1v) is 6.29. The summed E-state index contributed by atoms with van der Waals surface area (Å²) >= 11 is 0. The van der Waals surface area contributed by atoms with Gasteiger partial charge in [-0.2, -0.15) is 10.2 Å². The van der Waals surface area contributed by atoms with Crippen LogP contribution in [0, 0.1) is 11.3 Å². The predicted octanol–water partition coefficient (Wildman–Crippen LogP) is 3.45. The highest BCUT2D eigenvalue weighted by Crippen LogP contribution is 2.34. The Morgan fingerprint density at radius 3 is 2.50 bits per heavy atom. The fourth-order valence-electron chi connectivity index (χ4n) is 2.28. The monoisotopic (exact) mass is 247 g/mol. The molecule has 18 heavy (non-hydrogen) atoms. The van der Waals surface area contributed by atoms with E-state index in [1.165, 1.54) is 6.39 Å². The lowest BCUT2D eigenvalue weighted by Gasteiger charge is -2.29. The second kappa shape index (κ2) is 4.34. The van der Waals surface area contributed by atoms with Crippen LogP contribution in [0.4, 0.5) is 0 Å². The molecule has 1 aliphatic heterocycles. The van der Waals surface area contributed by atoms with Gasteiger partial charge >= 0.3 is 0 Å². The molecule has 1 atom stereocenters. The van der Waals surface area contributed by atoms with Gasteiger partial charge in [-0.25, -0.2) is 4.98 Å². The Hall–Kier alpha value is -1.45. The van der Waals surface area contributed by atoms with Gasteiger partial charge < -0.3 is 4.42 Å². The highest BCUT2D eigenvalue weighted by atomic mass is 16.3. The van der Waals surface area contributed by atoms with E-state index in [0.717, 1.165) is 17.8 Å². The van der Waals surface area contributed by atoms with Crippen LogP contribution in [0.1, 0.15) is 46.7 Å². The maximum atomic E-state index is 5.08. The molecule has 0 fully saturated rings. The maximum Gasteiger partial charge on any atom is 0.180 e. The first kappa shape index (κ1) is 13.0. The predicted molar refractivity (Wildman–Crippen MR) is 73.0 cm³/mol. The van der Waals surface area contributed by atoms with Crippen LogP contribution in [0.15, 0.2) is 27.3 Å². The number of nitrogens with zero attached hydrogens (tertiary/aromatic N) is 3. The normalized spacial score (nSPS) is 20.3. The highest BCUT2D eigenvalue weighted by molar-refractivity contribution is 6.02. The van der Waals surface area contributed by atoms with Crippen molar-refractivity contribution in [3.05, 3.63) is 18.4 Å². The Morgan fingerprint density at radius 1 is 1.22 bits per heavy atom. The van der Waals surface area contributed by atoms with Crippen molar-refractivity contribution in [3.63, 3.8) is 0 Å². The van der Waals surface area contributed by atoms with Crippen LogP contribution in [0.5, 0.6) is 0 Å². The second-order valence-electron chi connectivity index (χ2n) is 6.63. The van der Waals surface area contributed by atoms with Gasteiger partial charge in [0.25, 0.3) is 0 Å². The van der Waals surface area contributed by atoms with Crippen molar-refractivity contribution in [2.45, 2.75) is 46.5 Å². The van der Waals surface area contributed by atoms with E-state index in [9.17, 15) is 0 Å². The average Bonchev–Trinajstić information content (AvgIpc) is 2.83. The Morgan fingerprint density at radius 2 is 1.94 bits per heavy atom. The molecule has 0 aliphatic carbocycles. The third-order valence-corrected chi connectivity index (χ3v) is 3.44. The van der Waals surface area contributed by atoms with Gasteiger partial charge in [0.15, 0.2) is 6.39 Å². The molecule has 0 amide bonds. The van der Waals surface area contributed by atoms with Crippen LogP contribution < -0.4 is 0 Å². The third kappa shape index (κ3) is 2.52. The quantitative estimate of drug-likeness (QED) is 0.821. The van der Waals surface area contributed by atoms with E-state index >= 15 is 0 Å². The minimum absolute atomic E-state index is 0.0803. The van der Waals surface area contributed by atoms with Crippen molar-refractivity contribution in [1.82, 2.24) is 4.98 Å². The Bertz CT molecular complexity index is 464. The zero-order chi connectivity index (χ0) is 13.4. The number of hydrogen-bond donors (Lipinski definition) is 0. The van der Waals surface area contributed by atoms with Gasteiger partial charge in [-0.05, 0) is 11.8 Å². The van der Waals surface area contributed by atoms with E-state index < -0.39 is 0 Å². The molecule has 1 aromatic heterocycles. The SMILES string of the molecule is CC(C)(CC1=NN=CC1C(C)(C)C)c1cocn1. The van der Waals surface area contributed by atoms with Gasteiger partial charge in [0.05, 0.1) is 11.4 Å². The summed E-state index contributed by atoms with van der Waals surface area (Å²) in [4.78, 5) is 4.25. The molecule has 1 aliphatic rings.